The van der Waals surface area contributed by atoms with E-state index in [-0.39, 0.29) is 0 Å². The molecule has 0 unspecified atom stereocenters. The Kier molecular flexibility index (Phi) is 5.25. The third kappa shape index (κ3) is 3.55. The van der Waals surface area contributed by atoms with Gasteiger partial charge in [-0.05, 0) is 41.1 Å². The van der Waals surface area contributed by atoms with Crippen LogP contribution in [0, 0.1) is 0 Å². The van der Waals surface area contributed by atoms with E-state index in [9.17, 15) is 0 Å². The van der Waals surface area contributed by atoms with E-state index in [1.165, 1.54) is 10.8 Å². The Balaban J connectivity index is 1.29. The Morgan fingerprint density at radius 2 is 1.09 bits per heavy atom. The second-order valence-corrected chi connectivity index (χ2v) is 11.7. The fourth-order valence-electron chi connectivity index (χ4n) is 7.20. The highest BCUT2D eigenvalue weighted by atomic mass is 16.3. The first-order valence-electron chi connectivity index (χ1n) is 15.5. The Bertz CT molecular complexity index is 2760. The van der Waals surface area contributed by atoms with Crippen LogP contribution in [-0.2, 0) is 0 Å². The van der Waals surface area contributed by atoms with E-state index in [2.05, 4.69) is 138 Å². The highest BCUT2D eigenvalue weighted by Gasteiger charge is 2.21. The SMILES string of the molecule is c1ccc(-c2nc(-c3cc4oc5c(-n6c7ccccc7c7ccccc76)cccc5c4c4ccccc34)nc3ccccc23)cc1. The van der Waals surface area contributed by atoms with Crippen LogP contribution in [0.15, 0.2) is 156 Å². The van der Waals surface area contributed by atoms with Crippen molar-refractivity contribution in [2.45, 2.75) is 0 Å². The van der Waals surface area contributed by atoms with Crippen molar-refractivity contribution in [3.05, 3.63) is 152 Å². The highest BCUT2D eigenvalue weighted by Crippen LogP contribution is 2.43. The minimum atomic E-state index is 0.679. The van der Waals surface area contributed by atoms with Gasteiger partial charge in [0.25, 0.3) is 0 Å². The zero-order valence-corrected chi connectivity index (χ0v) is 24.7. The fourth-order valence-corrected chi connectivity index (χ4v) is 7.20. The number of nitrogens with zero attached hydrogens (tertiary/aromatic N) is 3. The van der Waals surface area contributed by atoms with Gasteiger partial charge in [-0.3, -0.25) is 0 Å². The molecule has 46 heavy (non-hydrogen) atoms. The molecule has 0 fully saturated rings. The number of hydrogen-bond donors (Lipinski definition) is 0. The maximum absolute atomic E-state index is 6.90. The van der Waals surface area contributed by atoms with Gasteiger partial charge in [0.2, 0.25) is 0 Å². The summed E-state index contributed by atoms with van der Waals surface area (Å²) in [5, 5.41) is 7.87. The van der Waals surface area contributed by atoms with Crippen LogP contribution in [0.2, 0.25) is 0 Å². The van der Waals surface area contributed by atoms with Gasteiger partial charge in [-0.2, -0.15) is 0 Å². The molecular formula is C42H25N3O. The number of furan rings is 1. The second kappa shape index (κ2) is 9.62. The Labute approximate surface area is 263 Å². The lowest BCUT2D eigenvalue weighted by Gasteiger charge is -2.11. The van der Waals surface area contributed by atoms with E-state index in [0.29, 0.717) is 5.82 Å². The van der Waals surface area contributed by atoms with E-state index in [4.69, 9.17) is 14.4 Å². The molecule has 214 valence electrons. The maximum Gasteiger partial charge on any atom is 0.161 e. The molecule has 0 N–H and O–H groups in total. The third-order valence-electron chi connectivity index (χ3n) is 9.20. The number of aromatic nitrogens is 3. The number of rotatable bonds is 3. The normalized spacial score (nSPS) is 11.9. The average molecular weight is 588 g/mol. The molecule has 0 saturated carbocycles. The van der Waals surface area contributed by atoms with Crippen molar-refractivity contribution < 1.29 is 4.42 Å². The van der Waals surface area contributed by atoms with Crippen molar-refractivity contribution in [3.63, 3.8) is 0 Å². The minimum Gasteiger partial charge on any atom is -0.454 e. The minimum absolute atomic E-state index is 0.679. The maximum atomic E-state index is 6.90. The molecule has 0 aliphatic carbocycles. The lowest BCUT2D eigenvalue weighted by molar-refractivity contribution is 0.666. The standard InChI is InChI=1S/C42H25N3O/c1-2-13-26(14-3-1)40-31-19-6-9-21-34(31)43-42(44-40)33-25-38-39(30-18-5-4-15-27(30)33)32-20-12-24-37(41(32)46-38)45-35-22-10-7-16-28(35)29-17-8-11-23-36(29)45/h1-25H. The van der Waals surface area contributed by atoms with Crippen LogP contribution >= 0.6 is 0 Å². The first kappa shape index (κ1) is 25.1. The van der Waals surface area contributed by atoms with Crippen LogP contribution in [0.1, 0.15) is 0 Å². The molecule has 0 atom stereocenters. The molecule has 0 aliphatic heterocycles. The van der Waals surface area contributed by atoms with Crippen LogP contribution in [0.4, 0.5) is 0 Å². The summed E-state index contributed by atoms with van der Waals surface area (Å²) in [5.74, 6) is 0.679. The first-order chi connectivity index (χ1) is 22.8. The molecule has 10 rings (SSSR count). The van der Waals surface area contributed by atoms with E-state index in [0.717, 1.165) is 77.2 Å². The first-order valence-corrected chi connectivity index (χ1v) is 15.5. The second-order valence-electron chi connectivity index (χ2n) is 11.7. The number of benzene rings is 7. The van der Waals surface area contributed by atoms with Crippen LogP contribution in [0.25, 0.3) is 93.8 Å². The fraction of sp³-hybridized carbons (Fsp3) is 0. The Morgan fingerprint density at radius 1 is 0.478 bits per heavy atom. The summed E-state index contributed by atoms with van der Waals surface area (Å²) < 4.78 is 9.23. The van der Waals surface area contributed by atoms with E-state index in [1.54, 1.807) is 0 Å². The molecule has 7 aromatic carbocycles. The largest absolute Gasteiger partial charge is 0.454 e. The van der Waals surface area contributed by atoms with Gasteiger partial charge >= 0.3 is 0 Å². The summed E-state index contributed by atoms with van der Waals surface area (Å²) in [6.45, 7) is 0. The smallest absolute Gasteiger partial charge is 0.161 e. The van der Waals surface area contributed by atoms with Gasteiger partial charge in [0.1, 0.15) is 5.58 Å². The van der Waals surface area contributed by atoms with E-state index in [1.807, 2.05) is 18.2 Å². The number of hydrogen-bond acceptors (Lipinski definition) is 3. The molecule has 0 spiro atoms. The molecule has 0 radical (unpaired) electrons. The molecule has 0 bridgehead atoms. The molecule has 0 amide bonds. The molecule has 10 aromatic rings. The van der Waals surface area contributed by atoms with E-state index < -0.39 is 0 Å². The Hall–Kier alpha value is -6.26. The number of fused-ring (bicyclic) bond motifs is 9. The summed E-state index contributed by atoms with van der Waals surface area (Å²) in [6.07, 6.45) is 0. The molecule has 0 saturated heterocycles. The summed E-state index contributed by atoms with van der Waals surface area (Å²) in [5.41, 5.74) is 8.84. The third-order valence-corrected chi connectivity index (χ3v) is 9.20. The van der Waals surface area contributed by atoms with Crippen molar-refractivity contribution >= 4 is 65.4 Å². The predicted octanol–water partition coefficient (Wildman–Crippen LogP) is 11.1. The number of para-hydroxylation sites is 4. The Morgan fingerprint density at radius 3 is 1.85 bits per heavy atom. The lowest BCUT2D eigenvalue weighted by Crippen LogP contribution is -1.96. The van der Waals surface area contributed by atoms with Crippen LogP contribution in [0.5, 0.6) is 0 Å². The molecular weight excluding hydrogens is 562 g/mol. The van der Waals surface area contributed by atoms with Crippen LogP contribution in [0.3, 0.4) is 0 Å². The van der Waals surface area contributed by atoms with Gasteiger partial charge in [-0.15, -0.1) is 0 Å². The predicted molar refractivity (Wildman–Crippen MR) is 190 cm³/mol. The lowest BCUT2D eigenvalue weighted by atomic mass is 9.98. The van der Waals surface area contributed by atoms with Crippen LogP contribution < -0.4 is 0 Å². The summed E-state index contributed by atoms with van der Waals surface area (Å²) in [4.78, 5) is 10.3. The van der Waals surface area contributed by atoms with Crippen molar-refractivity contribution in [1.82, 2.24) is 14.5 Å². The summed E-state index contributed by atoms with van der Waals surface area (Å²) >= 11 is 0. The van der Waals surface area contributed by atoms with Crippen molar-refractivity contribution in [2.75, 3.05) is 0 Å². The molecule has 3 heterocycles. The van der Waals surface area contributed by atoms with Crippen molar-refractivity contribution in [1.29, 1.82) is 0 Å². The average Bonchev–Trinajstić information content (AvgIpc) is 3.67. The van der Waals surface area contributed by atoms with Gasteiger partial charge < -0.3 is 8.98 Å². The van der Waals surface area contributed by atoms with Crippen molar-refractivity contribution in [3.8, 4) is 28.3 Å². The quantitative estimate of drug-likeness (QED) is 0.207. The zero-order valence-electron chi connectivity index (χ0n) is 24.7. The summed E-state index contributed by atoms with van der Waals surface area (Å²) in [6, 6.07) is 52.9. The monoisotopic (exact) mass is 587 g/mol. The highest BCUT2D eigenvalue weighted by molar-refractivity contribution is 6.23. The van der Waals surface area contributed by atoms with Crippen molar-refractivity contribution in [2.24, 2.45) is 0 Å². The van der Waals surface area contributed by atoms with Gasteiger partial charge in [0.15, 0.2) is 11.4 Å². The summed E-state index contributed by atoms with van der Waals surface area (Å²) in [7, 11) is 0. The van der Waals surface area contributed by atoms with Gasteiger partial charge in [0.05, 0.1) is 27.9 Å². The topological polar surface area (TPSA) is 43.9 Å². The zero-order chi connectivity index (χ0) is 30.2. The molecule has 4 nitrogen and oxygen atoms in total. The molecule has 3 aromatic heterocycles. The van der Waals surface area contributed by atoms with Gasteiger partial charge in [-0.1, -0.05) is 121 Å². The van der Waals surface area contributed by atoms with Gasteiger partial charge in [0, 0.05) is 38.1 Å². The van der Waals surface area contributed by atoms with E-state index >= 15 is 0 Å². The molecule has 0 aliphatic rings. The van der Waals surface area contributed by atoms with Crippen LogP contribution in [-0.4, -0.2) is 14.5 Å². The van der Waals surface area contributed by atoms with Gasteiger partial charge in [-0.25, -0.2) is 9.97 Å². The molecule has 4 heteroatoms.